The highest BCUT2D eigenvalue weighted by Gasteiger charge is 2.24. The first kappa shape index (κ1) is 23.4. The summed E-state index contributed by atoms with van der Waals surface area (Å²) in [6.45, 7) is 9.42. The second-order valence-electron chi connectivity index (χ2n) is 8.29. The Balaban J connectivity index is 2.34. The summed E-state index contributed by atoms with van der Waals surface area (Å²) in [5.74, 6) is 0. The van der Waals surface area contributed by atoms with Crippen LogP contribution in [0.2, 0.25) is 0 Å². The van der Waals surface area contributed by atoms with Gasteiger partial charge in [-0.15, -0.1) is 0 Å². The Morgan fingerprint density at radius 1 is 0.500 bits per heavy atom. The highest BCUT2D eigenvalue weighted by Crippen LogP contribution is 2.23. The number of rotatable bonds is 18. The third-order valence-electron chi connectivity index (χ3n) is 5.82. The monoisotopic (exact) mass is 364 g/mol. The molecule has 0 atom stereocenters. The second-order valence-corrected chi connectivity index (χ2v) is 8.29. The van der Waals surface area contributed by atoms with E-state index < -0.39 is 0 Å². The SMILES string of the molecule is CCCCCCCC1N(CCCCCCC)C=CN1CCCCCCC. The molecule has 1 aliphatic heterocycles. The molecule has 0 saturated carbocycles. The van der Waals surface area contributed by atoms with Gasteiger partial charge in [0.05, 0.1) is 0 Å². The summed E-state index contributed by atoms with van der Waals surface area (Å²) in [6.07, 6.45) is 27.6. The molecule has 0 fully saturated rings. The first-order valence-electron chi connectivity index (χ1n) is 12.0. The molecule has 1 rings (SSSR count). The Kier molecular flexibility index (Phi) is 14.8. The van der Waals surface area contributed by atoms with Gasteiger partial charge in [0, 0.05) is 25.5 Å². The van der Waals surface area contributed by atoms with E-state index >= 15 is 0 Å². The van der Waals surface area contributed by atoms with E-state index in [2.05, 4.69) is 43.0 Å². The van der Waals surface area contributed by atoms with Crippen LogP contribution in [0.3, 0.4) is 0 Å². The maximum atomic E-state index is 2.65. The van der Waals surface area contributed by atoms with Crippen molar-refractivity contribution in [2.24, 2.45) is 0 Å². The molecule has 0 aliphatic carbocycles. The molecular formula is C24H48N2. The predicted octanol–water partition coefficient (Wildman–Crippen LogP) is 7.70. The molecule has 154 valence electrons. The van der Waals surface area contributed by atoms with Crippen LogP contribution in [-0.2, 0) is 0 Å². The topological polar surface area (TPSA) is 6.48 Å². The zero-order valence-electron chi connectivity index (χ0n) is 18.4. The molecule has 2 nitrogen and oxygen atoms in total. The van der Waals surface area contributed by atoms with Crippen LogP contribution in [0.1, 0.15) is 124 Å². The van der Waals surface area contributed by atoms with Crippen molar-refractivity contribution in [1.29, 1.82) is 0 Å². The van der Waals surface area contributed by atoms with Crippen LogP contribution >= 0.6 is 0 Å². The summed E-state index contributed by atoms with van der Waals surface area (Å²) < 4.78 is 0. The lowest BCUT2D eigenvalue weighted by Crippen LogP contribution is -2.39. The fourth-order valence-electron chi connectivity index (χ4n) is 4.07. The van der Waals surface area contributed by atoms with Crippen molar-refractivity contribution >= 4 is 0 Å². The van der Waals surface area contributed by atoms with Crippen molar-refractivity contribution in [2.45, 2.75) is 130 Å². The van der Waals surface area contributed by atoms with Gasteiger partial charge >= 0.3 is 0 Å². The van der Waals surface area contributed by atoms with Crippen molar-refractivity contribution in [1.82, 2.24) is 9.80 Å². The third-order valence-corrected chi connectivity index (χ3v) is 5.82. The standard InChI is InChI=1S/C24H48N2/c1-4-7-10-13-16-19-24-25(20-17-14-11-8-5-2)22-23-26(24)21-18-15-12-9-6-3/h22-24H,4-21H2,1-3H3. The van der Waals surface area contributed by atoms with Crippen molar-refractivity contribution in [3.63, 3.8) is 0 Å². The molecule has 1 heterocycles. The smallest absolute Gasteiger partial charge is 0.101 e. The summed E-state index contributed by atoms with van der Waals surface area (Å²) in [5.41, 5.74) is 0. The molecule has 0 radical (unpaired) electrons. The zero-order valence-corrected chi connectivity index (χ0v) is 18.4. The summed E-state index contributed by atoms with van der Waals surface area (Å²) in [4.78, 5) is 5.30. The lowest BCUT2D eigenvalue weighted by molar-refractivity contribution is 0.135. The lowest BCUT2D eigenvalue weighted by Gasteiger charge is -2.33. The molecule has 0 spiro atoms. The minimum atomic E-state index is 0.647. The van der Waals surface area contributed by atoms with Crippen LogP contribution in [0, 0.1) is 0 Å². The molecule has 0 aromatic heterocycles. The lowest BCUT2D eigenvalue weighted by atomic mass is 10.1. The normalized spacial score (nSPS) is 14.7. The molecule has 1 aliphatic rings. The molecule has 0 bridgehead atoms. The fourth-order valence-corrected chi connectivity index (χ4v) is 4.07. The van der Waals surface area contributed by atoms with E-state index in [4.69, 9.17) is 0 Å². The van der Waals surface area contributed by atoms with Gasteiger partial charge < -0.3 is 9.80 Å². The molecule has 0 aromatic rings. The molecule has 26 heavy (non-hydrogen) atoms. The molecule has 0 amide bonds. The average molecular weight is 365 g/mol. The van der Waals surface area contributed by atoms with E-state index in [1.54, 1.807) is 0 Å². The highest BCUT2D eigenvalue weighted by atomic mass is 15.4. The first-order valence-corrected chi connectivity index (χ1v) is 12.0. The fraction of sp³-hybridized carbons (Fsp3) is 0.917. The Morgan fingerprint density at radius 2 is 0.885 bits per heavy atom. The van der Waals surface area contributed by atoms with E-state index in [0.717, 1.165) is 0 Å². The molecule has 0 saturated heterocycles. The van der Waals surface area contributed by atoms with Crippen LogP contribution in [0.4, 0.5) is 0 Å². The maximum absolute atomic E-state index is 2.65. The number of nitrogens with zero attached hydrogens (tertiary/aromatic N) is 2. The van der Waals surface area contributed by atoms with E-state index in [-0.39, 0.29) is 0 Å². The zero-order chi connectivity index (χ0) is 18.9. The third kappa shape index (κ3) is 10.5. The molecular weight excluding hydrogens is 316 g/mol. The van der Waals surface area contributed by atoms with Gasteiger partial charge in [-0.05, 0) is 25.7 Å². The van der Waals surface area contributed by atoms with Crippen LogP contribution in [0.5, 0.6) is 0 Å². The van der Waals surface area contributed by atoms with Gasteiger partial charge in [-0.25, -0.2) is 0 Å². The van der Waals surface area contributed by atoms with Crippen LogP contribution in [0.15, 0.2) is 12.4 Å². The van der Waals surface area contributed by atoms with Crippen molar-refractivity contribution in [3.05, 3.63) is 12.4 Å². The van der Waals surface area contributed by atoms with Crippen molar-refractivity contribution in [3.8, 4) is 0 Å². The first-order chi connectivity index (χ1) is 12.8. The second kappa shape index (κ2) is 16.5. The summed E-state index contributed by atoms with van der Waals surface area (Å²) in [7, 11) is 0. The summed E-state index contributed by atoms with van der Waals surface area (Å²) in [5, 5.41) is 0. The Labute approximate surface area is 165 Å². The number of hydrogen-bond acceptors (Lipinski definition) is 2. The summed E-state index contributed by atoms with van der Waals surface area (Å²) >= 11 is 0. The van der Waals surface area contributed by atoms with Gasteiger partial charge in [0.15, 0.2) is 0 Å². The molecule has 0 unspecified atom stereocenters. The number of hydrogen-bond donors (Lipinski definition) is 0. The molecule has 0 aromatic carbocycles. The Hall–Kier alpha value is -0.660. The van der Waals surface area contributed by atoms with Crippen molar-refractivity contribution in [2.75, 3.05) is 13.1 Å². The average Bonchev–Trinajstić information content (AvgIpc) is 3.03. The van der Waals surface area contributed by atoms with E-state index in [1.165, 1.54) is 116 Å². The number of unbranched alkanes of at least 4 members (excludes halogenated alkanes) is 12. The highest BCUT2D eigenvalue weighted by molar-refractivity contribution is 4.96. The van der Waals surface area contributed by atoms with Gasteiger partial charge in [0.25, 0.3) is 0 Å². The quantitative estimate of drug-likeness (QED) is 0.230. The predicted molar refractivity (Wildman–Crippen MR) is 117 cm³/mol. The van der Waals surface area contributed by atoms with E-state index in [1.807, 2.05) is 0 Å². The Morgan fingerprint density at radius 3 is 1.31 bits per heavy atom. The van der Waals surface area contributed by atoms with Gasteiger partial charge in [-0.1, -0.05) is 97.8 Å². The van der Waals surface area contributed by atoms with Crippen molar-refractivity contribution < 1.29 is 0 Å². The Bertz CT molecular complexity index is 302. The van der Waals surface area contributed by atoms with Gasteiger partial charge in [0.1, 0.15) is 6.17 Å². The van der Waals surface area contributed by atoms with E-state index in [0.29, 0.717) is 6.17 Å². The minimum absolute atomic E-state index is 0.647. The summed E-state index contributed by atoms with van der Waals surface area (Å²) in [6, 6.07) is 0. The van der Waals surface area contributed by atoms with Crippen LogP contribution in [-0.4, -0.2) is 29.1 Å². The van der Waals surface area contributed by atoms with Gasteiger partial charge in [-0.3, -0.25) is 0 Å². The molecule has 0 N–H and O–H groups in total. The van der Waals surface area contributed by atoms with Gasteiger partial charge in [-0.2, -0.15) is 0 Å². The molecule has 2 heteroatoms. The maximum Gasteiger partial charge on any atom is 0.101 e. The van der Waals surface area contributed by atoms with E-state index in [9.17, 15) is 0 Å². The largest absolute Gasteiger partial charge is 0.356 e. The van der Waals surface area contributed by atoms with Crippen LogP contribution < -0.4 is 0 Å². The minimum Gasteiger partial charge on any atom is -0.356 e. The van der Waals surface area contributed by atoms with Gasteiger partial charge in [0.2, 0.25) is 0 Å². The van der Waals surface area contributed by atoms with Crippen LogP contribution in [0.25, 0.3) is 0 Å².